The van der Waals surface area contributed by atoms with E-state index in [9.17, 15) is 10.1 Å². The number of aromatic nitrogens is 1. The Balaban J connectivity index is 1.65. The standard InChI is InChI=1S/C17H11N5O3/c18-9-12-1-3-13(4-2-12)16-7-6-15(25-16)11-20-21-17-8-5-14(10-19-17)22(23)24/h1-8,10-11H,(H,19,21)/b20-11-. The van der Waals surface area contributed by atoms with Gasteiger partial charge in [0.05, 0.1) is 22.8 Å². The third-order valence-electron chi connectivity index (χ3n) is 3.25. The van der Waals surface area contributed by atoms with Gasteiger partial charge in [0.2, 0.25) is 0 Å². The van der Waals surface area contributed by atoms with Crippen molar-refractivity contribution in [2.45, 2.75) is 0 Å². The van der Waals surface area contributed by atoms with Crippen molar-refractivity contribution in [2.24, 2.45) is 5.10 Å². The molecule has 0 saturated carbocycles. The molecule has 1 N–H and O–H groups in total. The van der Waals surface area contributed by atoms with Gasteiger partial charge in [0, 0.05) is 11.6 Å². The van der Waals surface area contributed by atoms with Gasteiger partial charge >= 0.3 is 0 Å². The van der Waals surface area contributed by atoms with Crippen LogP contribution in [0.5, 0.6) is 0 Å². The zero-order valence-corrected chi connectivity index (χ0v) is 12.8. The van der Waals surface area contributed by atoms with E-state index in [0.717, 1.165) is 11.8 Å². The van der Waals surface area contributed by atoms with Gasteiger partial charge in [-0.2, -0.15) is 10.4 Å². The molecule has 0 radical (unpaired) electrons. The average molecular weight is 333 g/mol. The van der Waals surface area contributed by atoms with Gasteiger partial charge in [-0.25, -0.2) is 4.98 Å². The maximum atomic E-state index is 10.6. The Hall–Kier alpha value is -3.99. The van der Waals surface area contributed by atoms with E-state index in [1.54, 1.807) is 36.4 Å². The first-order valence-electron chi connectivity index (χ1n) is 7.15. The maximum Gasteiger partial charge on any atom is 0.287 e. The Morgan fingerprint density at radius 1 is 1.20 bits per heavy atom. The second-order valence-corrected chi connectivity index (χ2v) is 4.92. The molecule has 0 fully saturated rings. The Morgan fingerprint density at radius 2 is 2.00 bits per heavy atom. The Morgan fingerprint density at radius 3 is 2.64 bits per heavy atom. The highest BCUT2D eigenvalue weighted by atomic mass is 16.6. The number of nitrogens with zero attached hydrogens (tertiary/aromatic N) is 4. The highest BCUT2D eigenvalue weighted by molar-refractivity contribution is 5.78. The molecule has 0 aliphatic rings. The lowest BCUT2D eigenvalue weighted by atomic mass is 10.1. The number of anilines is 1. The average Bonchev–Trinajstić information content (AvgIpc) is 3.11. The van der Waals surface area contributed by atoms with Gasteiger partial charge in [0.1, 0.15) is 23.5 Å². The van der Waals surface area contributed by atoms with E-state index in [1.165, 1.54) is 18.3 Å². The van der Waals surface area contributed by atoms with Gasteiger partial charge in [0.15, 0.2) is 0 Å². The van der Waals surface area contributed by atoms with Crippen LogP contribution in [-0.4, -0.2) is 16.1 Å². The summed E-state index contributed by atoms with van der Waals surface area (Å²) in [5.41, 5.74) is 4.00. The van der Waals surface area contributed by atoms with E-state index < -0.39 is 4.92 Å². The van der Waals surface area contributed by atoms with E-state index in [2.05, 4.69) is 21.6 Å². The van der Waals surface area contributed by atoms with Crippen LogP contribution >= 0.6 is 0 Å². The van der Waals surface area contributed by atoms with Crippen molar-refractivity contribution in [3.63, 3.8) is 0 Å². The molecule has 0 amide bonds. The van der Waals surface area contributed by atoms with Crippen LogP contribution in [-0.2, 0) is 0 Å². The van der Waals surface area contributed by atoms with Gasteiger partial charge in [0.25, 0.3) is 5.69 Å². The van der Waals surface area contributed by atoms with E-state index in [1.807, 2.05) is 0 Å². The van der Waals surface area contributed by atoms with Crippen molar-refractivity contribution in [1.82, 2.24) is 4.98 Å². The predicted octanol–water partition coefficient (Wildman–Crippen LogP) is 3.57. The van der Waals surface area contributed by atoms with Gasteiger partial charge in [-0.3, -0.25) is 15.5 Å². The van der Waals surface area contributed by atoms with Crippen molar-refractivity contribution in [3.8, 4) is 17.4 Å². The summed E-state index contributed by atoms with van der Waals surface area (Å²) in [4.78, 5) is 13.9. The summed E-state index contributed by atoms with van der Waals surface area (Å²) in [5.74, 6) is 1.55. The highest BCUT2D eigenvalue weighted by Crippen LogP contribution is 2.22. The van der Waals surface area contributed by atoms with E-state index in [0.29, 0.717) is 22.9 Å². The number of benzene rings is 1. The van der Waals surface area contributed by atoms with Crippen molar-refractivity contribution >= 4 is 17.7 Å². The first-order chi connectivity index (χ1) is 12.2. The second kappa shape index (κ2) is 7.06. The molecule has 0 aliphatic carbocycles. The predicted molar refractivity (Wildman–Crippen MR) is 91.0 cm³/mol. The first kappa shape index (κ1) is 15.9. The van der Waals surface area contributed by atoms with Crippen molar-refractivity contribution < 1.29 is 9.34 Å². The van der Waals surface area contributed by atoms with Gasteiger partial charge in [-0.15, -0.1) is 0 Å². The third kappa shape index (κ3) is 3.86. The van der Waals surface area contributed by atoms with Crippen molar-refractivity contribution in [2.75, 3.05) is 5.43 Å². The molecule has 1 aromatic carbocycles. The zero-order valence-electron chi connectivity index (χ0n) is 12.8. The lowest BCUT2D eigenvalue weighted by Gasteiger charge is -1.98. The smallest absolute Gasteiger partial charge is 0.287 e. The normalized spacial score (nSPS) is 10.5. The number of nitro groups is 1. The number of hydrazone groups is 1. The summed E-state index contributed by atoms with van der Waals surface area (Å²) < 4.78 is 5.65. The molecule has 2 heterocycles. The topological polar surface area (TPSA) is 117 Å². The number of furan rings is 1. The molecule has 8 nitrogen and oxygen atoms in total. The Kier molecular flexibility index (Phi) is 4.49. The van der Waals surface area contributed by atoms with Crippen LogP contribution in [0.25, 0.3) is 11.3 Å². The molecule has 25 heavy (non-hydrogen) atoms. The van der Waals surface area contributed by atoms with E-state index in [-0.39, 0.29) is 5.69 Å². The first-order valence-corrected chi connectivity index (χ1v) is 7.15. The van der Waals surface area contributed by atoms with Crippen molar-refractivity contribution in [3.05, 3.63) is 76.2 Å². The fraction of sp³-hybridized carbons (Fsp3) is 0. The maximum absolute atomic E-state index is 10.6. The molecule has 0 unspecified atom stereocenters. The zero-order chi connectivity index (χ0) is 17.6. The summed E-state index contributed by atoms with van der Waals surface area (Å²) in [7, 11) is 0. The Bertz CT molecular complexity index is 953. The van der Waals surface area contributed by atoms with Gasteiger partial charge in [-0.05, 0) is 42.5 Å². The molecule has 122 valence electrons. The van der Waals surface area contributed by atoms with Crippen LogP contribution in [0.4, 0.5) is 11.5 Å². The molecule has 0 atom stereocenters. The highest BCUT2D eigenvalue weighted by Gasteiger charge is 2.05. The summed E-state index contributed by atoms with van der Waals surface area (Å²) in [6.07, 6.45) is 2.62. The van der Waals surface area contributed by atoms with E-state index >= 15 is 0 Å². The molecule has 0 aliphatic heterocycles. The molecular formula is C17H11N5O3. The van der Waals surface area contributed by atoms with Crippen LogP contribution in [0.2, 0.25) is 0 Å². The van der Waals surface area contributed by atoms with Crippen molar-refractivity contribution in [1.29, 1.82) is 5.26 Å². The third-order valence-corrected chi connectivity index (χ3v) is 3.25. The number of hydrogen-bond donors (Lipinski definition) is 1. The monoisotopic (exact) mass is 333 g/mol. The molecule has 0 saturated heterocycles. The number of hydrogen-bond acceptors (Lipinski definition) is 7. The number of rotatable bonds is 5. The molecule has 8 heteroatoms. The van der Waals surface area contributed by atoms with Crippen LogP contribution in [0.3, 0.4) is 0 Å². The molecule has 3 rings (SSSR count). The molecule has 0 bridgehead atoms. The minimum atomic E-state index is -0.520. The van der Waals surface area contributed by atoms with Gasteiger partial charge in [-0.1, -0.05) is 0 Å². The molecular weight excluding hydrogens is 322 g/mol. The SMILES string of the molecule is N#Cc1ccc(-c2ccc(/C=N\Nc3ccc([N+](=O)[O-])cn3)o2)cc1. The molecule has 0 spiro atoms. The largest absolute Gasteiger partial charge is 0.455 e. The number of nitrogens with one attached hydrogen (secondary N) is 1. The summed E-state index contributed by atoms with van der Waals surface area (Å²) in [6.45, 7) is 0. The number of pyridine rings is 1. The second-order valence-electron chi connectivity index (χ2n) is 4.92. The van der Waals surface area contributed by atoms with Gasteiger partial charge < -0.3 is 4.42 Å². The number of nitriles is 1. The molecule has 2 aromatic heterocycles. The van der Waals surface area contributed by atoms with Crippen LogP contribution in [0.15, 0.2) is 64.2 Å². The van der Waals surface area contributed by atoms with Crippen LogP contribution < -0.4 is 5.43 Å². The summed E-state index contributed by atoms with van der Waals surface area (Å²) in [6, 6.07) is 15.4. The fourth-order valence-electron chi connectivity index (χ4n) is 2.01. The lowest BCUT2D eigenvalue weighted by Crippen LogP contribution is -1.94. The van der Waals surface area contributed by atoms with E-state index in [4.69, 9.17) is 9.68 Å². The minimum Gasteiger partial charge on any atom is -0.455 e. The Labute approximate surface area is 142 Å². The fourth-order valence-corrected chi connectivity index (χ4v) is 2.01. The minimum absolute atomic E-state index is 0.0902. The summed E-state index contributed by atoms with van der Waals surface area (Å²) in [5, 5.41) is 23.3. The molecule has 3 aromatic rings. The summed E-state index contributed by atoms with van der Waals surface area (Å²) >= 11 is 0. The lowest BCUT2D eigenvalue weighted by molar-refractivity contribution is -0.385. The van der Waals surface area contributed by atoms with Crippen LogP contribution in [0.1, 0.15) is 11.3 Å². The quantitative estimate of drug-likeness (QED) is 0.433. The van der Waals surface area contributed by atoms with Crippen LogP contribution in [0, 0.1) is 21.4 Å².